The molecule has 0 fully saturated rings. The molecule has 0 spiro atoms. The number of nitrogens with one attached hydrogen (secondary N) is 1. The van der Waals surface area contributed by atoms with Crippen molar-refractivity contribution < 1.29 is 14.6 Å². The number of methoxy groups -OCH3 is 1. The van der Waals surface area contributed by atoms with Gasteiger partial charge in [-0.3, -0.25) is 4.79 Å². The van der Waals surface area contributed by atoms with Gasteiger partial charge in [-0.2, -0.15) is 11.8 Å². The van der Waals surface area contributed by atoms with Crippen LogP contribution in [-0.4, -0.2) is 48.4 Å². The second-order valence-electron chi connectivity index (χ2n) is 3.82. The van der Waals surface area contributed by atoms with Gasteiger partial charge in [-0.05, 0) is 19.1 Å². The summed E-state index contributed by atoms with van der Waals surface area (Å²) in [5, 5.41) is 12.0. The second-order valence-corrected chi connectivity index (χ2v) is 5.10. The summed E-state index contributed by atoms with van der Waals surface area (Å²) >= 11 is 1.79. The van der Waals surface area contributed by atoms with E-state index in [9.17, 15) is 4.79 Å². The predicted octanol–water partition coefficient (Wildman–Crippen LogP) is 1.60. The number of hydrogen-bond acceptors (Lipinski definition) is 4. The van der Waals surface area contributed by atoms with E-state index in [-0.39, 0.29) is 11.4 Å². The minimum Gasteiger partial charge on any atom is -0.480 e. The maximum Gasteiger partial charge on any atom is 0.323 e. The molecule has 0 aromatic rings. The second kappa shape index (κ2) is 7.92. The van der Waals surface area contributed by atoms with Gasteiger partial charge in [0.25, 0.3) is 0 Å². The zero-order valence-corrected chi connectivity index (χ0v) is 11.4. The number of rotatable bonds is 9. The van der Waals surface area contributed by atoms with Gasteiger partial charge in [0, 0.05) is 18.4 Å². The van der Waals surface area contributed by atoms with Gasteiger partial charge in [-0.1, -0.05) is 13.8 Å². The van der Waals surface area contributed by atoms with E-state index in [0.717, 1.165) is 12.8 Å². The highest BCUT2D eigenvalue weighted by Crippen LogP contribution is 2.29. The Balaban J connectivity index is 4.30. The molecule has 2 N–H and O–H groups in total. The van der Waals surface area contributed by atoms with E-state index >= 15 is 0 Å². The largest absolute Gasteiger partial charge is 0.480 e. The highest BCUT2D eigenvalue weighted by molar-refractivity contribution is 8.00. The van der Waals surface area contributed by atoms with Crippen molar-refractivity contribution in [3.63, 3.8) is 0 Å². The van der Waals surface area contributed by atoms with Gasteiger partial charge >= 0.3 is 5.97 Å². The van der Waals surface area contributed by atoms with Gasteiger partial charge in [0.15, 0.2) is 0 Å². The molecule has 1 atom stereocenters. The maximum absolute atomic E-state index is 10.9. The summed E-state index contributed by atoms with van der Waals surface area (Å²) in [5.41, 5.74) is 0. The number of ether oxygens (including phenoxy) is 1. The van der Waals surface area contributed by atoms with Crippen LogP contribution in [0.25, 0.3) is 0 Å². The number of hydrogen-bond donors (Lipinski definition) is 2. The van der Waals surface area contributed by atoms with Crippen LogP contribution in [0.5, 0.6) is 0 Å². The molecule has 0 aliphatic heterocycles. The molecule has 0 saturated heterocycles. The van der Waals surface area contributed by atoms with Crippen molar-refractivity contribution in [1.29, 1.82) is 0 Å². The molecule has 0 heterocycles. The minimum absolute atomic E-state index is 0.126. The Labute approximate surface area is 102 Å². The van der Waals surface area contributed by atoms with Crippen LogP contribution in [0.1, 0.15) is 26.7 Å². The summed E-state index contributed by atoms with van der Waals surface area (Å²) in [6.07, 6.45) is 4.12. The summed E-state index contributed by atoms with van der Waals surface area (Å²) in [4.78, 5) is 10.9. The molecule has 1 unspecified atom stereocenters. The highest BCUT2D eigenvalue weighted by atomic mass is 32.2. The average Bonchev–Trinajstić information content (AvgIpc) is 2.29. The smallest absolute Gasteiger partial charge is 0.323 e. The molecule has 0 aromatic heterocycles. The fraction of sp³-hybridized carbons (Fsp3) is 0.909. The predicted molar refractivity (Wildman–Crippen MR) is 68.1 cm³/mol. The first-order chi connectivity index (χ1) is 7.55. The quantitative estimate of drug-likeness (QED) is 0.650. The first-order valence-corrected chi connectivity index (χ1v) is 6.78. The van der Waals surface area contributed by atoms with E-state index in [1.54, 1.807) is 11.8 Å². The van der Waals surface area contributed by atoms with Crippen molar-refractivity contribution in [3.8, 4) is 0 Å². The summed E-state index contributed by atoms with van der Waals surface area (Å²) in [5.74, 6) is -0.857. The Kier molecular flexibility index (Phi) is 7.80. The van der Waals surface area contributed by atoms with Gasteiger partial charge in [-0.25, -0.2) is 0 Å². The highest BCUT2D eigenvalue weighted by Gasteiger charge is 2.27. The number of carbonyl (C=O) groups is 1. The lowest BCUT2D eigenvalue weighted by atomic mass is 10.0. The zero-order chi connectivity index (χ0) is 12.6. The molecule has 0 aliphatic rings. The van der Waals surface area contributed by atoms with Crippen LogP contribution in [0.3, 0.4) is 0 Å². The number of carboxylic acid groups (broad SMARTS) is 1. The molecular weight excluding hydrogens is 226 g/mol. The van der Waals surface area contributed by atoms with E-state index in [4.69, 9.17) is 9.84 Å². The molecule has 16 heavy (non-hydrogen) atoms. The average molecular weight is 249 g/mol. The fourth-order valence-corrected chi connectivity index (χ4v) is 2.36. The lowest BCUT2D eigenvalue weighted by Crippen LogP contribution is -2.47. The Morgan fingerprint density at radius 3 is 2.38 bits per heavy atom. The summed E-state index contributed by atoms with van der Waals surface area (Å²) in [6, 6.07) is -0.616. The lowest BCUT2D eigenvalue weighted by Gasteiger charge is -2.31. The van der Waals surface area contributed by atoms with Gasteiger partial charge in [0.2, 0.25) is 0 Å². The van der Waals surface area contributed by atoms with E-state index in [1.807, 2.05) is 0 Å². The van der Waals surface area contributed by atoms with Gasteiger partial charge in [0.05, 0.1) is 6.61 Å². The Morgan fingerprint density at radius 2 is 2.06 bits per heavy atom. The van der Waals surface area contributed by atoms with Crippen LogP contribution in [0.2, 0.25) is 0 Å². The first kappa shape index (κ1) is 15.7. The van der Waals surface area contributed by atoms with E-state index in [1.165, 1.54) is 7.11 Å². The van der Waals surface area contributed by atoms with E-state index in [0.29, 0.717) is 6.54 Å². The molecule has 0 amide bonds. The first-order valence-electron chi connectivity index (χ1n) is 5.55. The van der Waals surface area contributed by atoms with Gasteiger partial charge in [-0.15, -0.1) is 0 Å². The standard InChI is InChI=1S/C11H23NO3S/c1-5-11(6-2,16-4)8-12-9(7-15-3)10(13)14/h9,12H,5-8H2,1-4H3,(H,13,14). The summed E-state index contributed by atoms with van der Waals surface area (Å²) in [6.45, 7) is 5.16. The molecular formula is C11H23NO3S. The van der Waals surface area contributed by atoms with Gasteiger partial charge < -0.3 is 15.2 Å². The Bertz CT molecular complexity index is 199. The van der Waals surface area contributed by atoms with Crippen molar-refractivity contribution in [1.82, 2.24) is 5.32 Å². The van der Waals surface area contributed by atoms with Crippen LogP contribution in [0.15, 0.2) is 0 Å². The molecule has 0 aliphatic carbocycles. The molecule has 0 rings (SSSR count). The fourth-order valence-electron chi connectivity index (χ4n) is 1.55. The number of thioether (sulfide) groups is 1. The van der Waals surface area contributed by atoms with Crippen LogP contribution >= 0.6 is 11.8 Å². The van der Waals surface area contributed by atoms with E-state index < -0.39 is 12.0 Å². The third-order valence-electron chi connectivity index (χ3n) is 3.02. The van der Waals surface area contributed by atoms with Crippen LogP contribution in [0.4, 0.5) is 0 Å². The molecule has 0 saturated carbocycles. The zero-order valence-electron chi connectivity index (χ0n) is 10.6. The third-order valence-corrected chi connectivity index (χ3v) is 4.61. The number of aliphatic carboxylic acids is 1. The van der Waals surface area contributed by atoms with Crippen molar-refractivity contribution in [3.05, 3.63) is 0 Å². The normalized spacial score (nSPS) is 13.8. The maximum atomic E-state index is 10.9. The van der Waals surface area contributed by atoms with Crippen LogP contribution in [0, 0.1) is 0 Å². The SMILES string of the molecule is CCC(CC)(CNC(COC)C(=O)O)SC. The molecule has 5 heteroatoms. The molecule has 0 aromatic carbocycles. The number of carboxylic acids is 1. The monoisotopic (exact) mass is 249 g/mol. The van der Waals surface area contributed by atoms with Gasteiger partial charge in [0.1, 0.15) is 6.04 Å². The minimum atomic E-state index is -0.857. The molecule has 96 valence electrons. The van der Waals surface area contributed by atoms with Crippen LogP contribution in [-0.2, 0) is 9.53 Å². The molecule has 0 bridgehead atoms. The third kappa shape index (κ3) is 4.72. The topological polar surface area (TPSA) is 58.6 Å². The summed E-state index contributed by atoms with van der Waals surface area (Å²) < 4.78 is 5.01. The molecule has 4 nitrogen and oxygen atoms in total. The van der Waals surface area contributed by atoms with Crippen molar-refractivity contribution >= 4 is 17.7 Å². The summed E-state index contributed by atoms with van der Waals surface area (Å²) in [7, 11) is 1.51. The van der Waals surface area contributed by atoms with Crippen molar-refractivity contribution in [2.45, 2.75) is 37.5 Å². The Morgan fingerprint density at radius 1 is 1.50 bits per heavy atom. The van der Waals surface area contributed by atoms with Crippen molar-refractivity contribution in [2.75, 3.05) is 26.5 Å². The Hall–Kier alpha value is -0.260. The van der Waals surface area contributed by atoms with Crippen molar-refractivity contribution in [2.24, 2.45) is 0 Å². The molecule has 0 radical (unpaired) electrons. The lowest BCUT2D eigenvalue weighted by molar-refractivity contribution is -0.140. The van der Waals surface area contributed by atoms with E-state index in [2.05, 4.69) is 25.4 Å². The van der Waals surface area contributed by atoms with Crippen LogP contribution < -0.4 is 5.32 Å².